The number of carbonyl (C=O) groups excluding carboxylic acids is 2. The number of alkyl halides is 3. The number of nitrogens with one attached hydrogen (secondary N) is 1. The molecule has 2 amide bonds. The van der Waals surface area contributed by atoms with Gasteiger partial charge in [-0.15, -0.1) is 0 Å². The van der Waals surface area contributed by atoms with Gasteiger partial charge in [-0.05, 0) is 39.0 Å². The predicted molar refractivity (Wildman–Crippen MR) is 93.3 cm³/mol. The minimum Gasteiger partial charge on any atom is -0.444 e. The highest BCUT2D eigenvalue weighted by Gasteiger charge is 2.31. The van der Waals surface area contributed by atoms with E-state index in [2.05, 4.69) is 5.32 Å². The first-order chi connectivity index (χ1) is 11.7. The number of amides is 2. The molecule has 6 nitrogen and oxygen atoms in total. The molecule has 0 radical (unpaired) electrons. The maximum atomic E-state index is 12.9. The summed E-state index contributed by atoms with van der Waals surface area (Å²) in [6.07, 6.45) is -5.23. The number of anilines is 2. The molecule has 0 fully saturated rings. The van der Waals surface area contributed by atoms with Crippen LogP contribution in [0.2, 0.25) is 0 Å². The number of carbonyl (C=O) groups is 2. The minimum absolute atomic E-state index is 0.00686. The van der Waals surface area contributed by atoms with Crippen LogP contribution in [-0.4, -0.2) is 50.2 Å². The fourth-order valence-corrected chi connectivity index (χ4v) is 2.01. The van der Waals surface area contributed by atoms with Crippen LogP contribution in [0.15, 0.2) is 18.2 Å². The third-order valence-electron chi connectivity index (χ3n) is 3.17. The van der Waals surface area contributed by atoms with E-state index in [1.165, 1.54) is 13.1 Å². The summed E-state index contributed by atoms with van der Waals surface area (Å²) in [7, 11) is 4.66. The Morgan fingerprint density at radius 2 is 1.69 bits per heavy atom. The highest BCUT2D eigenvalue weighted by atomic mass is 19.4. The molecule has 1 aromatic carbocycles. The second-order valence-electron chi connectivity index (χ2n) is 7.01. The van der Waals surface area contributed by atoms with Crippen molar-refractivity contribution in [3.63, 3.8) is 0 Å². The highest BCUT2D eigenvalue weighted by Crippen LogP contribution is 2.34. The van der Waals surface area contributed by atoms with Gasteiger partial charge in [-0.3, -0.25) is 4.79 Å². The number of benzene rings is 1. The van der Waals surface area contributed by atoms with E-state index in [-0.39, 0.29) is 12.2 Å². The molecule has 0 spiro atoms. The molecule has 9 heteroatoms. The number of likely N-dealkylation sites (N-methyl/N-ethyl adjacent to an activating group) is 1. The van der Waals surface area contributed by atoms with E-state index in [0.29, 0.717) is 5.69 Å². The van der Waals surface area contributed by atoms with Crippen molar-refractivity contribution in [3.8, 4) is 0 Å². The third kappa shape index (κ3) is 6.45. The maximum absolute atomic E-state index is 12.9. The van der Waals surface area contributed by atoms with E-state index < -0.39 is 29.3 Å². The van der Waals surface area contributed by atoms with Crippen LogP contribution < -0.4 is 10.2 Å². The van der Waals surface area contributed by atoms with Gasteiger partial charge in [0, 0.05) is 21.1 Å². The maximum Gasteiger partial charge on any atom is 0.416 e. The monoisotopic (exact) mass is 375 g/mol. The number of hydrogen-bond donors (Lipinski definition) is 1. The van der Waals surface area contributed by atoms with E-state index in [1.807, 2.05) is 0 Å². The third-order valence-corrected chi connectivity index (χ3v) is 3.17. The van der Waals surface area contributed by atoms with Gasteiger partial charge in [0.25, 0.3) is 0 Å². The Balaban J connectivity index is 2.92. The van der Waals surface area contributed by atoms with Crippen LogP contribution in [-0.2, 0) is 15.7 Å². The average Bonchev–Trinajstić information content (AvgIpc) is 2.43. The second-order valence-corrected chi connectivity index (χ2v) is 7.01. The first-order valence-corrected chi connectivity index (χ1v) is 7.83. The topological polar surface area (TPSA) is 61.9 Å². The van der Waals surface area contributed by atoms with Gasteiger partial charge in [0.15, 0.2) is 0 Å². The molecular weight excluding hydrogens is 351 g/mol. The quantitative estimate of drug-likeness (QED) is 0.874. The summed E-state index contributed by atoms with van der Waals surface area (Å²) in [5.74, 6) is -0.638. The normalized spacial score (nSPS) is 11.7. The summed E-state index contributed by atoms with van der Waals surface area (Å²) in [6.45, 7) is 4.69. The number of hydrogen-bond acceptors (Lipinski definition) is 4. The number of nitrogens with zero attached hydrogens (tertiary/aromatic N) is 2. The molecule has 0 aliphatic rings. The Hall–Kier alpha value is -2.45. The SMILES string of the molecule is CN(CC(=O)Nc1cc(C(F)(F)F)ccc1N(C)C)C(=O)OC(C)(C)C. The minimum atomic E-state index is -4.53. The molecule has 1 aromatic rings. The Morgan fingerprint density at radius 1 is 1.12 bits per heavy atom. The lowest BCUT2D eigenvalue weighted by atomic mass is 10.1. The predicted octanol–water partition coefficient (Wildman–Crippen LogP) is 3.58. The van der Waals surface area contributed by atoms with Crippen LogP contribution >= 0.6 is 0 Å². The van der Waals surface area contributed by atoms with E-state index in [0.717, 1.165) is 17.0 Å². The molecule has 0 aliphatic heterocycles. The molecule has 0 unspecified atom stereocenters. The zero-order valence-electron chi connectivity index (χ0n) is 15.7. The standard InChI is InChI=1S/C17H24F3N3O3/c1-16(2,3)26-15(25)23(6)10-14(24)21-12-9-11(17(18,19)20)7-8-13(12)22(4)5/h7-9H,10H2,1-6H3,(H,21,24). The van der Waals surface area contributed by atoms with Crippen LogP contribution in [0.4, 0.5) is 29.3 Å². The smallest absolute Gasteiger partial charge is 0.416 e. The summed E-state index contributed by atoms with van der Waals surface area (Å²) in [5.41, 5.74) is -1.18. The summed E-state index contributed by atoms with van der Waals surface area (Å²) in [6, 6.07) is 3.08. The van der Waals surface area contributed by atoms with Gasteiger partial charge in [0.05, 0.1) is 16.9 Å². The fourth-order valence-electron chi connectivity index (χ4n) is 2.01. The molecule has 0 heterocycles. The number of ether oxygens (including phenoxy) is 1. The van der Waals surface area contributed by atoms with Gasteiger partial charge < -0.3 is 19.9 Å². The van der Waals surface area contributed by atoms with Crippen molar-refractivity contribution in [2.45, 2.75) is 32.5 Å². The molecule has 1 rings (SSSR count). The van der Waals surface area contributed by atoms with Crippen molar-refractivity contribution in [1.82, 2.24) is 4.90 Å². The largest absolute Gasteiger partial charge is 0.444 e. The zero-order chi connectivity index (χ0) is 20.3. The second kappa shape index (κ2) is 7.84. The zero-order valence-corrected chi connectivity index (χ0v) is 15.7. The van der Waals surface area contributed by atoms with Gasteiger partial charge >= 0.3 is 12.3 Å². The van der Waals surface area contributed by atoms with Crippen molar-refractivity contribution in [1.29, 1.82) is 0 Å². The summed E-state index contributed by atoms with van der Waals surface area (Å²) in [4.78, 5) is 26.7. The van der Waals surface area contributed by atoms with Crippen LogP contribution in [0, 0.1) is 0 Å². The van der Waals surface area contributed by atoms with E-state index in [1.54, 1.807) is 39.8 Å². The number of rotatable bonds is 4. The van der Waals surface area contributed by atoms with Crippen molar-refractivity contribution in [2.24, 2.45) is 0 Å². The summed E-state index contributed by atoms with van der Waals surface area (Å²) < 4.78 is 43.9. The average molecular weight is 375 g/mol. The van der Waals surface area contributed by atoms with Crippen LogP contribution in [0.25, 0.3) is 0 Å². The highest BCUT2D eigenvalue weighted by molar-refractivity contribution is 5.96. The Labute approximate surface area is 150 Å². The molecule has 0 aliphatic carbocycles. The lowest BCUT2D eigenvalue weighted by Crippen LogP contribution is -2.38. The van der Waals surface area contributed by atoms with E-state index in [4.69, 9.17) is 4.74 Å². The van der Waals surface area contributed by atoms with Gasteiger partial charge in [0.2, 0.25) is 5.91 Å². The molecule has 146 valence electrons. The van der Waals surface area contributed by atoms with Crippen molar-refractivity contribution < 1.29 is 27.5 Å². The Morgan fingerprint density at radius 3 is 2.15 bits per heavy atom. The van der Waals surface area contributed by atoms with Gasteiger partial charge in [-0.2, -0.15) is 13.2 Å². The molecular formula is C17H24F3N3O3. The van der Waals surface area contributed by atoms with Crippen LogP contribution in [0.3, 0.4) is 0 Å². The van der Waals surface area contributed by atoms with Gasteiger partial charge in [0.1, 0.15) is 12.1 Å². The summed E-state index contributed by atoms with van der Waals surface area (Å²) in [5, 5.41) is 2.42. The van der Waals surface area contributed by atoms with Crippen LogP contribution in [0.5, 0.6) is 0 Å². The molecule has 0 aromatic heterocycles. The van der Waals surface area contributed by atoms with Crippen molar-refractivity contribution in [3.05, 3.63) is 23.8 Å². The lowest BCUT2D eigenvalue weighted by Gasteiger charge is -2.25. The molecule has 0 bridgehead atoms. The summed E-state index contributed by atoms with van der Waals surface area (Å²) >= 11 is 0. The van der Waals surface area contributed by atoms with Gasteiger partial charge in [-0.25, -0.2) is 4.79 Å². The first kappa shape index (κ1) is 21.6. The van der Waals surface area contributed by atoms with Crippen molar-refractivity contribution >= 4 is 23.4 Å². The molecule has 0 saturated heterocycles. The molecule has 26 heavy (non-hydrogen) atoms. The van der Waals surface area contributed by atoms with E-state index >= 15 is 0 Å². The van der Waals surface area contributed by atoms with E-state index in [9.17, 15) is 22.8 Å². The van der Waals surface area contributed by atoms with Crippen molar-refractivity contribution in [2.75, 3.05) is 37.9 Å². The first-order valence-electron chi connectivity index (χ1n) is 7.83. The van der Waals surface area contributed by atoms with Gasteiger partial charge in [-0.1, -0.05) is 0 Å². The molecule has 1 N–H and O–H groups in total. The Bertz CT molecular complexity index is 667. The number of halogens is 3. The lowest BCUT2D eigenvalue weighted by molar-refractivity contribution is -0.137. The fraction of sp³-hybridized carbons (Fsp3) is 0.529. The van der Waals surface area contributed by atoms with Crippen LogP contribution in [0.1, 0.15) is 26.3 Å². The molecule has 0 saturated carbocycles. The molecule has 0 atom stereocenters. The Kier molecular flexibility index (Phi) is 6.51.